The summed E-state index contributed by atoms with van der Waals surface area (Å²) in [6, 6.07) is 18.3. The van der Waals surface area contributed by atoms with Crippen molar-refractivity contribution in [1.29, 1.82) is 0 Å². The number of rotatable bonds is 8. The van der Waals surface area contributed by atoms with E-state index in [1.165, 1.54) is 0 Å². The Labute approximate surface area is 170 Å². The molecule has 148 valence electrons. The predicted octanol–water partition coefficient (Wildman–Crippen LogP) is 4.88. The molecule has 3 aromatic rings. The number of aryl methyl sites for hydroxylation is 2. The summed E-state index contributed by atoms with van der Waals surface area (Å²) in [6.07, 6.45) is 1.10. The summed E-state index contributed by atoms with van der Waals surface area (Å²) in [5.74, 6) is 0.431. The molecule has 0 atom stereocenters. The van der Waals surface area contributed by atoms with Crippen LogP contribution >= 0.6 is 0 Å². The monoisotopic (exact) mass is 389 g/mol. The summed E-state index contributed by atoms with van der Waals surface area (Å²) >= 11 is 0. The largest absolute Gasteiger partial charge is 0.424 e. The Morgan fingerprint density at radius 1 is 0.897 bits per heavy atom. The number of nitrogens with zero attached hydrogens (tertiary/aromatic N) is 2. The van der Waals surface area contributed by atoms with E-state index in [1.807, 2.05) is 38.1 Å². The van der Waals surface area contributed by atoms with Crippen molar-refractivity contribution < 1.29 is 14.3 Å². The third kappa shape index (κ3) is 6.24. The molecule has 0 bridgehead atoms. The quantitative estimate of drug-likeness (QED) is 0.556. The second-order valence-corrected chi connectivity index (χ2v) is 6.75. The lowest BCUT2D eigenvalue weighted by Crippen LogP contribution is -2.12. The van der Waals surface area contributed by atoms with Gasteiger partial charge in [-0.15, -0.1) is 0 Å². The predicted molar refractivity (Wildman–Crippen MR) is 111 cm³/mol. The van der Waals surface area contributed by atoms with Crippen molar-refractivity contribution in [2.24, 2.45) is 0 Å². The van der Waals surface area contributed by atoms with Gasteiger partial charge in [0.15, 0.2) is 5.78 Å². The molecule has 1 amide bonds. The second kappa shape index (κ2) is 9.59. The van der Waals surface area contributed by atoms with Gasteiger partial charge in [-0.1, -0.05) is 36.4 Å². The van der Waals surface area contributed by atoms with Crippen LogP contribution in [0.3, 0.4) is 0 Å². The van der Waals surface area contributed by atoms with Crippen LogP contribution in [0.5, 0.6) is 11.8 Å². The van der Waals surface area contributed by atoms with Crippen molar-refractivity contribution in [1.82, 2.24) is 9.97 Å². The lowest BCUT2D eigenvalue weighted by Gasteiger charge is -2.09. The molecule has 6 nitrogen and oxygen atoms in total. The molecule has 0 aliphatic heterocycles. The number of carbonyl (C=O) groups is 2. The third-order valence-electron chi connectivity index (χ3n) is 4.19. The number of carbonyl (C=O) groups excluding carboxylic acids is 2. The molecule has 1 aromatic heterocycles. The standard InChI is InChI=1S/C23H23N3O3/c1-16-14-17(2)25-23(24-16)29-20-11-6-10-19(15-20)26-22(28)13-7-12-21(27)18-8-4-3-5-9-18/h3-6,8-11,14-15H,7,12-13H2,1-2H3,(H,26,28). The summed E-state index contributed by atoms with van der Waals surface area (Å²) in [6.45, 7) is 3.75. The van der Waals surface area contributed by atoms with Gasteiger partial charge >= 0.3 is 6.01 Å². The molecular weight excluding hydrogens is 366 g/mol. The van der Waals surface area contributed by atoms with E-state index in [0.29, 0.717) is 29.8 Å². The van der Waals surface area contributed by atoms with Crippen molar-refractivity contribution in [2.75, 3.05) is 5.32 Å². The molecule has 1 N–H and O–H groups in total. The maximum Gasteiger partial charge on any atom is 0.322 e. The lowest BCUT2D eigenvalue weighted by molar-refractivity contribution is -0.116. The number of hydrogen-bond acceptors (Lipinski definition) is 5. The average Bonchev–Trinajstić information content (AvgIpc) is 2.68. The van der Waals surface area contributed by atoms with Crippen LogP contribution in [0.2, 0.25) is 0 Å². The SMILES string of the molecule is Cc1cc(C)nc(Oc2cccc(NC(=O)CCCC(=O)c3ccccc3)c2)n1. The van der Waals surface area contributed by atoms with Crippen LogP contribution in [0.1, 0.15) is 41.0 Å². The first-order valence-electron chi connectivity index (χ1n) is 9.48. The van der Waals surface area contributed by atoms with E-state index in [0.717, 1.165) is 11.4 Å². The molecule has 0 radical (unpaired) electrons. The Kier molecular flexibility index (Phi) is 6.68. The number of amides is 1. The Balaban J connectivity index is 1.51. The first-order valence-corrected chi connectivity index (χ1v) is 9.48. The fourth-order valence-electron chi connectivity index (χ4n) is 2.88. The minimum Gasteiger partial charge on any atom is -0.424 e. The second-order valence-electron chi connectivity index (χ2n) is 6.75. The third-order valence-corrected chi connectivity index (χ3v) is 4.19. The van der Waals surface area contributed by atoms with Crippen LogP contribution in [0.25, 0.3) is 0 Å². The zero-order valence-electron chi connectivity index (χ0n) is 16.5. The van der Waals surface area contributed by atoms with Gasteiger partial charge in [0.25, 0.3) is 0 Å². The first-order chi connectivity index (χ1) is 14.0. The highest BCUT2D eigenvalue weighted by atomic mass is 16.5. The van der Waals surface area contributed by atoms with Gasteiger partial charge in [0.2, 0.25) is 5.91 Å². The molecule has 29 heavy (non-hydrogen) atoms. The molecule has 0 spiro atoms. The Hall–Kier alpha value is -3.54. The molecule has 0 unspecified atom stereocenters. The highest BCUT2D eigenvalue weighted by Crippen LogP contribution is 2.22. The summed E-state index contributed by atoms with van der Waals surface area (Å²) < 4.78 is 5.71. The summed E-state index contributed by atoms with van der Waals surface area (Å²) in [7, 11) is 0. The van der Waals surface area contributed by atoms with Crippen LogP contribution in [-0.4, -0.2) is 21.7 Å². The van der Waals surface area contributed by atoms with Gasteiger partial charge in [0, 0.05) is 41.5 Å². The Morgan fingerprint density at radius 2 is 1.62 bits per heavy atom. The molecule has 2 aromatic carbocycles. The topological polar surface area (TPSA) is 81.2 Å². The van der Waals surface area contributed by atoms with E-state index in [1.54, 1.807) is 36.4 Å². The molecule has 3 rings (SSSR count). The van der Waals surface area contributed by atoms with Crippen molar-refractivity contribution >= 4 is 17.4 Å². The van der Waals surface area contributed by atoms with Crippen molar-refractivity contribution in [2.45, 2.75) is 33.1 Å². The van der Waals surface area contributed by atoms with Gasteiger partial charge in [-0.25, -0.2) is 9.97 Å². The molecular formula is C23H23N3O3. The smallest absolute Gasteiger partial charge is 0.322 e. The Morgan fingerprint density at radius 3 is 2.34 bits per heavy atom. The zero-order chi connectivity index (χ0) is 20.6. The molecule has 0 aliphatic carbocycles. The van der Waals surface area contributed by atoms with Crippen LogP contribution in [0.4, 0.5) is 5.69 Å². The number of benzene rings is 2. The van der Waals surface area contributed by atoms with E-state index in [-0.39, 0.29) is 24.1 Å². The number of hydrogen-bond donors (Lipinski definition) is 1. The highest BCUT2D eigenvalue weighted by molar-refractivity contribution is 5.96. The number of anilines is 1. The van der Waals surface area contributed by atoms with E-state index < -0.39 is 0 Å². The van der Waals surface area contributed by atoms with Crippen LogP contribution in [0, 0.1) is 13.8 Å². The van der Waals surface area contributed by atoms with Gasteiger partial charge in [0.1, 0.15) is 5.75 Å². The maximum absolute atomic E-state index is 12.2. The highest BCUT2D eigenvalue weighted by Gasteiger charge is 2.09. The van der Waals surface area contributed by atoms with Gasteiger partial charge in [-0.3, -0.25) is 9.59 Å². The van der Waals surface area contributed by atoms with Crippen molar-refractivity contribution in [3.63, 3.8) is 0 Å². The number of nitrogens with one attached hydrogen (secondary N) is 1. The Bertz CT molecular complexity index is 983. The lowest BCUT2D eigenvalue weighted by atomic mass is 10.1. The van der Waals surface area contributed by atoms with Crippen molar-refractivity contribution in [3.05, 3.63) is 77.6 Å². The maximum atomic E-state index is 12.2. The summed E-state index contributed by atoms with van der Waals surface area (Å²) in [5, 5.41) is 2.83. The van der Waals surface area contributed by atoms with E-state index in [9.17, 15) is 9.59 Å². The van der Waals surface area contributed by atoms with Crippen molar-refractivity contribution in [3.8, 4) is 11.8 Å². The van der Waals surface area contributed by atoms with Crippen LogP contribution in [-0.2, 0) is 4.79 Å². The minimum absolute atomic E-state index is 0.0437. The zero-order valence-corrected chi connectivity index (χ0v) is 16.5. The molecule has 6 heteroatoms. The van der Waals surface area contributed by atoms with Crippen LogP contribution in [0.15, 0.2) is 60.7 Å². The normalized spacial score (nSPS) is 10.4. The molecule has 1 heterocycles. The number of Topliss-reactive ketones (excluding diaryl/α,β-unsaturated/α-hetero) is 1. The van der Waals surface area contributed by atoms with E-state index >= 15 is 0 Å². The van der Waals surface area contributed by atoms with E-state index in [2.05, 4.69) is 15.3 Å². The summed E-state index contributed by atoms with van der Waals surface area (Å²) in [5.41, 5.74) is 2.93. The average molecular weight is 389 g/mol. The van der Waals surface area contributed by atoms with Gasteiger partial charge in [-0.05, 0) is 38.5 Å². The molecule has 0 saturated carbocycles. The van der Waals surface area contributed by atoms with Crippen LogP contribution < -0.4 is 10.1 Å². The summed E-state index contributed by atoms with van der Waals surface area (Å²) in [4.78, 5) is 32.8. The first kappa shape index (κ1) is 20.2. The fourth-order valence-corrected chi connectivity index (χ4v) is 2.88. The number of aromatic nitrogens is 2. The van der Waals surface area contributed by atoms with E-state index in [4.69, 9.17) is 4.74 Å². The fraction of sp³-hybridized carbons (Fsp3) is 0.217. The molecule has 0 saturated heterocycles. The minimum atomic E-state index is -0.148. The number of ketones is 1. The van der Waals surface area contributed by atoms with Gasteiger partial charge in [-0.2, -0.15) is 0 Å². The molecule has 0 aliphatic rings. The number of ether oxygens (including phenoxy) is 1. The van der Waals surface area contributed by atoms with Gasteiger partial charge < -0.3 is 10.1 Å². The van der Waals surface area contributed by atoms with Gasteiger partial charge in [0.05, 0.1) is 0 Å². The molecule has 0 fully saturated rings.